The van der Waals surface area contributed by atoms with Crippen molar-refractivity contribution < 1.29 is 18.0 Å². The molecule has 1 fully saturated rings. The Morgan fingerprint density at radius 2 is 2.17 bits per heavy atom. The smallest absolute Gasteiger partial charge is 0.335 e. The molecular formula is C11H10F3N3O. The summed E-state index contributed by atoms with van der Waals surface area (Å²) >= 11 is 0. The molecule has 0 atom stereocenters. The summed E-state index contributed by atoms with van der Waals surface area (Å²) in [5, 5.41) is 7.53. The van der Waals surface area contributed by atoms with E-state index in [1.165, 1.54) is 23.4 Å². The van der Waals surface area contributed by atoms with Crippen molar-refractivity contribution >= 4 is 12.2 Å². The summed E-state index contributed by atoms with van der Waals surface area (Å²) in [5.41, 5.74) is -0.443. The standard InChI is InChI=1S/C11H10F3N3O/c12-11(13,14)9-3-1-2-8(6-9)7-16-17-5-4-15-10(17)18/h1-3,6-7H,4-5H2,(H,15,18). The zero-order chi connectivity index (χ0) is 13.2. The molecule has 0 saturated carbocycles. The van der Waals surface area contributed by atoms with Crippen LogP contribution in [0.2, 0.25) is 0 Å². The summed E-state index contributed by atoms with van der Waals surface area (Å²) in [6, 6.07) is 4.41. The average Bonchev–Trinajstić information content (AvgIpc) is 2.72. The molecule has 0 bridgehead atoms. The third-order valence-corrected chi connectivity index (χ3v) is 2.39. The molecule has 0 radical (unpaired) electrons. The minimum Gasteiger partial charge on any atom is -0.335 e. The third kappa shape index (κ3) is 2.79. The number of alkyl halides is 3. The van der Waals surface area contributed by atoms with Gasteiger partial charge in [-0.1, -0.05) is 12.1 Å². The molecule has 1 heterocycles. The fourth-order valence-corrected chi connectivity index (χ4v) is 1.50. The number of nitrogens with zero attached hydrogens (tertiary/aromatic N) is 2. The van der Waals surface area contributed by atoms with Crippen LogP contribution in [0.1, 0.15) is 11.1 Å². The first-order valence-corrected chi connectivity index (χ1v) is 5.23. The van der Waals surface area contributed by atoms with E-state index in [2.05, 4.69) is 10.4 Å². The van der Waals surface area contributed by atoms with Crippen LogP contribution in [0.3, 0.4) is 0 Å². The molecule has 1 N–H and O–H groups in total. The zero-order valence-corrected chi connectivity index (χ0v) is 9.24. The van der Waals surface area contributed by atoms with Crippen molar-refractivity contribution in [2.24, 2.45) is 5.10 Å². The van der Waals surface area contributed by atoms with Gasteiger partial charge in [-0.25, -0.2) is 9.80 Å². The number of hydrogen-bond donors (Lipinski definition) is 1. The number of benzene rings is 1. The van der Waals surface area contributed by atoms with Gasteiger partial charge in [-0.15, -0.1) is 0 Å². The van der Waals surface area contributed by atoms with Gasteiger partial charge in [0.2, 0.25) is 0 Å². The second kappa shape index (κ2) is 4.67. The molecule has 0 aliphatic carbocycles. The van der Waals surface area contributed by atoms with Crippen LogP contribution in [0, 0.1) is 0 Å². The van der Waals surface area contributed by atoms with Gasteiger partial charge in [0.15, 0.2) is 0 Å². The van der Waals surface area contributed by atoms with Crippen LogP contribution in [0.4, 0.5) is 18.0 Å². The molecule has 1 aliphatic heterocycles. The van der Waals surface area contributed by atoms with Gasteiger partial charge in [0.05, 0.1) is 18.3 Å². The summed E-state index contributed by atoms with van der Waals surface area (Å²) in [6.45, 7) is 0.896. The van der Waals surface area contributed by atoms with Gasteiger partial charge in [-0.3, -0.25) is 0 Å². The van der Waals surface area contributed by atoms with Gasteiger partial charge in [-0.2, -0.15) is 18.3 Å². The lowest BCUT2D eigenvalue weighted by atomic mass is 10.1. The van der Waals surface area contributed by atoms with Crippen LogP contribution in [0.15, 0.2) is 29.4 Å². The molecule has 1 aromatic carbocycles. The second-order valence-corrected chi connectivity index (χ2v) is 3.72. The first-order valence-electron chi connectivity index (χ1n) is 5.23. The van der Waals surface area contributed by atoms with Crippen LogP contribution in [0.5, 0.6) is 0 Å². The largest absolute Gasteiger partial charge is 0.416 e. The van der Waals surface area contributed by atoms with Gasteiger partial charge in [0.1, 0.15) is 0 Å². The molecule has 0 spiro atoms. The van der Waals surface area contributed by atoms with Crippen molar-refractivity contribution in [3.05, 3.63) is 35.4 Å². The van der Waals surface area contributed by atoms with Crippen molar-refractivity contribution in [3.63, 3.8) is 0 Å². The number of halogens is 3. The molecular weight excluding hydrogens is 247 g/mol. The molecule has 2 rings (SSSR count). The Kier molecular flexibility index (Phi) is 3.22. The van der Waals surface area contributed by atoms with Crippen molar-refractivity contribution in [3.8, 4) is 0 Å². The molecule has 2 amide bonds. The normalized spacial score (nSPS) is 16.4. The summed E-state index contributed by atoms with van der Waals surface area (Å²) in [5.74, 6) is 0. The highest BCUT2D eigenvalue weighted by atomic mass is 19.4. The predicted octanol–water partition coefficient (Wildman–Crippen LogP) is 2.06. The highest BCUT2D eigenvalue weighted by Gasteiger charge is 2.30. The lowest BCUT2D eigenvalue weighted by Gasteiger charge is -2.08. The summed E-state index contributed by atoms with van der Waals surface area (Å²) in [6.07, 6.45) is -3.14. The highest BCUT2D eigenvalue weighted by Crippen LogP contribution is 2.29. The number of amides is 2. The van der Waals surface area contributed by atoms with E-state index in [-0.39, 0.29) is 6.03 Å². The highest BCUT2D eigenvalue weighted by molar-refractivity contribution is 5.82. The Balaban J connectivity index is 2.14. The first-order chi connectivity index (χ1) is 8.47. The van der Waals surface area contributed by atoms with E-state index >= 15 is 0 Å². The maximum absolute atomic E-state index is 12.5. The number of carbonyl (C=O) groups excluding carboxylic acids is 1. The van der Waals surface area contributed by atoms with Gasteiger partial charge in [0, 0.05) is 6.54 Å². The van der Waals surface area contributed by atoms with Gasteiger partial charge in [0.25, 0.3) is 0 Å². The summed E-state index contributed by atoms with van der Waals surface area (Å²) in [4.78, 5) is 11.1. The first kappa shape index (κ1) is 12.4. The molecule has 0 aromatic heterocycles. The fraction of sp³-hybridized carbons (Fsp3) is 0.273. The van der Waals surface area contributed by atoms with Crippen LogP contribution < -0.4 is 5.32 Å². The van der Waals surface area contributed by atoms with E-state index in [1.807, 2.05) is 0 Å². The van der Waals surface area contributed by atoms with E-state index in [0.29, 0.717) is 18.7 Å². The number of nitrogens with one attached hydrogen (secondary N) is 1. The topological polar surface area (TPSA) is 44.7 Å². The number of hydrazone groups is 1. The predicted molar refractivity (Wildman–Crippen MR) is 59.1 cm³/mol. The lowest BCUT2D eigenvalue weighted by molar-refractivity contribution is -0.137. The Bertz CT molecular complexity index is 485. The Morgan fingerprint density at radius 3 is 2.78 bits per heavy atom. The van der Waals surface area contributed by atoms with E-state index in [9.17, 15) is 18.0 Å². The molecule has 7 heteroatoms. The molecule has 1 saturated heterocycles. The number of rotatable bonds is 2. The number of hydrogen-bond acceptors (Lipinski definition) is 2. The summed E-state index contributed by atoms with van der Waals surface area (Å²) in [7, 11) is 0. The Hall–Kier alpha value is -2.05. The van der Waals surface area contributed by atoms with Crippen LogP contribution in [-0.4, -0.2) is 30.3 Å². The maximum atomic E-state index is 12.5. The quantitative estimate of drug-likeness (QED) is 0.810. The lowest BCUT2D eigenvalue weighted by Crippen LogP contribution is -2.23. The molecule has 1 aromatic rings. The monoisotopic (exact) mass is 257 g/mol. The van der Waals surface area contributed by atoms with Crippen LogP contribution in [-0.2, 0) is 6.18 Å². The third-order valence-electron chi connectivity index (χ3n) is 2.39. The van der Waals surface area contributed by atoms with E-state index in [0.717, 1.165) is 12.1 Å². The van der Waals surface area contributed by atoms with E-state index < -0.39 is 11.7 Å². The molecule has 96 valence electrons. The Morgan fingerprint density at radius 1 is 1.39 bits per heavy atom. The van der Waals surface area contributed by atoms with Crippen molar-refractivity contribution in [2.45, 2.75) is 6.18 Å². The average molecular weight is 257 g/mol. The zero-order valence-electron chi connectivity index (χ0n) is 9.24. The minimum atomic E-state index is -4.38. The Labute approximate surface area is 101 Å². The second-order valence-electron chi connectivity index (χ2n) is 3.72. The van der Waals surface area contributed by atoms with Gasteiger partial charge >= 0.3 is 12.2 Å². The van der Waals surface area contributed by atoms with Crippen molar-refractivity contribution in [1.82, 2.24) is 10.3 Å². The van der Waals surface area contributed by atoms with E-state index in [4.69, 9.17) is 0 Å². The van der Waals surface area contributed by atoms with Crippen molar-refractivity contribution in [1.29, 1.82) is 0 Å². The fourth-order valence-electron chi connectivity index (χ4n) is 1.50. The number of urea groups is 1. The summed E-state index contributed by atoms with van der Waals surface area (Å²) < 4.78 is 37.4. The van der Waals surface area contributed by atoms with Crippen LogP contribution >= 0.6 is 0 Å². The van der Waals surface area contributed by atoms with Crippen molar-refractivity contribution in [2.75, 3.05) is 13.1 Å². The van der Waals surface area contributed by atoms with Gasteiger partial charge < -0.3 is 5.32 Å². The number of carbonyl (C=O) groups is 1. The molecule has 1 aliphatic rings. The SMILES string of the molecule is O=C1NCCN1N=Cc1cccc(C(F)(F)F)c1. The van der Waals surface area contributed by atoms with Crippen LogP contribution in [0.25, 0.3) is 0 Å². The minimum absolute atomic E-state index is 0.296. The molecule has 18 heavy (non-hydrogen) atoms. The van der Waals surface area contributed by atoms with E-state index in [1.54, 1.807) is 0 Å². The molecule has 4 nitrogen and oxygen atoms in total. The maximum Gasteiger partial charge on any atom is 0.416 e. The molecule has 0 unspecified atom stereocenters. The van der Waals surface area contributed by atoms with Gasteiger partial charge in [-0.05, 0) is 17.7 Å².